The molecule has 0 aromatic carbocycles. The van der Waals surface area contributed by atoms with Crippen molar-refractivity contribution >= 4 is 55.6 Å². The first-order valence-corrected chi connectivity index (χ1v) is 4.55. The summed E-state index contributed by atoms with van der Waals surface area (Å²) in [6.45, 7) is 8.09. The van der Waals surface area contributed by atoms with Crippen LogP contribution in [0.15, 0.2) is 23.3 Å². The maximum Gasteiger partial charge on any atom is 2.00 e. The van der Waals surface area contributed by atoms with E-state index in [-0.39, 0.29) is 46.2 Å². The summed E-state index contributed by atoms with van der Waals surface area (Å²) in [5, 5.41) is 8.46. The third-order valence-corrected chi connectivity index (χ3v) is 1.92. The normalized spacial score (nSPS) is 8.65. The van der Waals surface area contributed by atoms with Gasteiger partial charge in [-0.3, -0.25) is 4.79 Å². The first-order valence-electron chi connectivity index (χ1n) is 4.55. The Morgan fingerprint density at radius 2 is 1.71 bits per heavy atom. The van der Waals surface area contributed by atoms with E-state index in [2.05, 4.69) is 11.3 Å². The molecule has 0 rings (SSSR count). The van der Waals surface area contributed by atoms with E-state index in [1.807, 2.05) is 0 Å². The Kier molecular flexibility index (Phi) is 9.29. The Bertz CT molecular complexity index is 387. The molecule has 0 atom stereocenters. The minimum Gasteiger partial charge on any atom is -1.00 e. The van der Waals surface area contributed by atoms with Crippen LogP contribution >= 0.6 is 0 Å². The summed E-state index contributed by atoms with van der Waals surface area (Å²) in [5.41, 5.74) is 0.747. The molecule has 0 saturated heterocycles. The maximum absolute atomic E-state index is 11.3. The van der Waals surface area contributed by atoms with Crippen molar-refractivity contribution in [1.29, 1.82) is 0 Å². The fraction of sp³-hybridized carbons (Fsp3) is 0.364. The number of hydrogen-bond donors (Lipinski definition) is 1. The summed E-state index contributed by atoms with van der Waals surface area (Å²) < 4.78 is 4.43. The Morgan fingerprint density at radius 1 is 1.24 bits per heavy atom. The molecule has 1 N–H and O–H groups in total. The van der Waals surface area contributed by atoms with E-state index in [4.69, 9.17) is 5.11 Å². The fourth-order valence-corrected chi connectivity index (χ4v) is 0.670. The topological polar surface area (TPSA) is 80.7 Å². The van der Waals surface area contributed by atoms with Crippen LogP contribution in [-0.4, -0.2) is 60.8 Å². The van der Waals surface area contributed by atoms with Gasteiger partial charge in [0.2, 0.25) is 0 Å². The van der Waals surface area contributed by atoms with Gasteiger partial charge in [-0.15, -0.1) is 0 Å². The fourth-order valence-electron chi connectivity index (χ4n) is 0.670. The number of esters is 2. The van der Waals surface area contributed by atoms with Gasteiger partial charge >= 0.3 is 55.6 Å². The number of hydrogen-bond acceptors (Lipinski definition) is 4. The molecule has 5 nitrogen and oxygen atoms in total. The van der Waals surface area contributed by atoms with Gasteiger partial charge in [-0.25, -0.2) is 9.59 Å². The number of carboxylic acids is 1. The third kappa shape index (κ3) is 7.31. The molecular weight excluding hydrogens is 252 g/mol. The molecular formula is C11H16CaO5. The van der Waals surface area contributed by atoms with Crippen molar-refractivity contribution in [3.05, 3.63) is 23.3 Å². The molecule has 0 aliphatic carbocycles. The van der Waals surface area contributed by atoms with E-state index in [0.29, 0.717) is 5.57 Å². The van der Waals surface area contributed by atoms with Gasteiger partial charge in [0.25, 0.3) is 0 Å². The van der Waals surface area contributed by atoms with E-state index >= 15 is 0 Å². The monoisotopic (exact) mass is 268 g/mol. The number of rotatable bonds is 4. The summed E-state index contributed by atoms with van der Waals surface area (Å²) in [4.78, 5) is 32.7. The van der Waals surface area contributed by atoms with Crippen molar-refractivity contribution in [1.82, 2.24) is 0 Å². The molecule has 0 saturated carbocycles. The Morgan fingerprint density at radius 3 is 2.06 bits per heavy atom. The SMILES string of the molecule is C=C(CC(=O)OC(=O)C(C)=C(C)C)C(=O)O.[Ca+2].[H-].[H-]. The number of aliphatic carboxylic acids is 1. The maximum atomic E-state index is 11.3. The molecule has 0 fully saturated rings. The molecule has 0 aromatic heterocycles. The smallest absolute Gasteiger partial charge is 1.00 e. The van der Waals surface area contributed by atoms with Gasteiger partial charge < -0.3 is 12.7 Å². The van der Waals surface area contributed by atoms with Crippen LogP contribution in [0.5, 0.6) is 0 Å². The standard InChI is InChI=1S/C11H14O5.Ca.2H/c1-6(2)8(4)11(15)16-9(12)5-7(3)10(13)14;;;/h3,5H2,1-2,4H3,(H,13,14);;;/q;+2;2*-1. The molecule has 0 radical (unpaired) electrons. The van der Waals surface area contributed by atoms with Gasteiger partial charge in [-0.05, 0) is 20.8 Å². The quantitative estimate of drug-likeness (QED) is 0.359. The first kappa shape index (κ1) is 18.7. The van der Waals surface area contributed by atoms with Crippen molar-refractivity contribution in [3.63, 3.8) is 0 Å². The van der Waals surface area contributed by atoms with Crippen LogP contribution < -0.4 is 0 Å². The molecule has 0 unspecified atom stereocenters. The summed E-state index contributed by atoms with van der Waals surface area (Å²) in [5.74, 6) is -2.97. The molecule has 0 heterocycles. The van der Waals surface area contributed by atoms with Crippen molar-refractivity contribution in [2.75, 3.05) is 0 Å². The van der Waals surface area contributed by atoms with Crippen LogP contribution in [0.25, 0.3) is 0 Å². The third-order valence-electron chi connectivity index (χ3n) is 1.92. The number of ether oxygens (including phenoxy) is 1. The predicted octanol–water partition coefficient (Wildman–Crippen LogP) is 1.29. The molecule has 0 amide bonds. The van der Waals surface area contributed by atoms with Gasteiger partial charge in [-0.1, -0.05) is 12.2 Å². The molecule has 17 heavy (non-hydrogen) atoms. The summed E-state index contributed by atoms with van der Waals surface area (Å²) in [6, 6.07) is 0. The van der Waals surface area contributed by atoms with Gasteiger partial charge in [0.05, 0.1) is 6.42 Å². The minimum atomic E-state index is -1.29. The van der Waals surface area contributed by atoms with E-state index in [1.165, 1.54) is 6.92 Å². The van der Waals surface area contributed by atoms with Crippen molar-refractivity contribution in [2.45, 2.75) is 27.2 Å². The number of carboxylic acid groups (broad SMARTS) is 1. The van der Waals surface area contributed by atoms with Gasteiger partial charge in [-0.2, -0.15) is 0 Å². The second-order valence-electron chi connectivity index (χ2n) is 3.47. The molecule has 0 aromatic rings. The zero-order valence-corrected chi connectivity index (χ0v) is 12.4. The molecule has 92 valence electrons. The second kappa shape index (κ2) is 8.44. The van der Waals surface area contributed by atoms with Crippen LogP contribution in [0, 0.1) is 0 Å². The van der Waals surface area contributed by atoms with Crippen molar-refractivity contribution < 1.29 is 27.1 Å². The average molecular weight is 268 g/mol. The molecule has 0 aliphatic heterocycles. The molecule has 0 spiro atoms. The number of carbonyl (C=O) groups excluding carboxylic acids is 2. The summed E-state index contributed by atoms with van der Waals surface area (Å²) >= 11 is 0. The average Bonchev–Trinajstić information content (AvgIpc) is 2.15. The van der Waals surface area contributed by atoms with E-state index < -0.39 is 24.3 Å². The van der Waals surface area contributed by atoms with E-state index in [0.717, 1.165) is 5.57 Å². The number of allylic oxidation sites excluding steroid dienone is 1. The van der Waals surface area contributed by atoms with Gasteiger partial charge in [0.15, 0.2) is 0 Å². The van der Waals surface area contributed by atoms with Crippen LogP contribution in [0.1, 0.15) is 30.0 Å². The Hall–Kier alpha value is -0.650. The van der Waals surface area contributed by atoms with Crippen molar-refractivity contribution in [3.8, 4) is 0 Å². The zero-order valence-electron chi connectivity index (χ0n) is 12.2. The largest absolute Gasteiger partial charge is 2.00 e. The second-order valence-corrected chi connectivity index (χ2v) is 3.47. The molecule has 0 aliphatic rings. The van der Waals surface area contributed by atoms with Gasteiger partial charge in [0.1, 0.15) is 0 Å². The van der Waals surface area contributed by atoms with Crippen LogP contribution in [0.3, 0.4) is 0 Å². The number of carbonyl (C=O) groups is 3. The molecule has 6 heteroatoms. The Balaban J connectivity index is -0.000000375. The van der Waals surface area contributed by atoms with Crippen LogP contribution in [0.2, 0.25) is 0 Å². The summed E-state index contributed by atoms with van der Waals surface area (Å²) in [7, 11) is 0. The van der Waals surface area contributed by atoms with Crippen LogP contribution in [0.4, 0.5) is 0 Å². The Labute approximate surface area is 132 Å². The van der Waals surface area contributed by atoms with Gasteiger partial charge in [0, 0.05) is 11.1 Å². The zero-order chi connectivity index (χ0) is 12.9. The summed E-state index contributed by atoms with van der Waals surface area (Å²) in [6.07, 6.45) is -0.503. The molecule has 0 bridgehead atoms. The van der Waals surface area contributed by atoms with E-state index in [1.54, 1.807) is 13.8 Å². The minimum absolute atomic E-state index is 0. The van der Waals surface area contributed by atoms with Crippen molar-refractivity contribution in [2.24, 2.45) is 0 Å². The predicted molar refractivity (Wildman–Crippen MR) is 64.5 cm³/mol. The first-order chi connectivity index (χ1) is 7.25. The van der Waals surface area contributed by atoms with Crippen LogP contribution in [-0.2, 0) is 19.1 Å². The van der Waals surface area contributed by atoms with E-state index in [9.17, 15) is 14.4 Å².